The molecule has 0 saturated carbocycles. The minimum absolute atomic E-state index is 0.456. The molecule has 5 heteroatoms. The van der Waals surface area contributed by atoms with Crippen molar-refractivity contribution in [2.75, 3.05) is 23.9 Å². The molecule has 0 amide bonds. The Kier molecular flexibility index (Phi) is 4.35. The van der Waals surface area contributed by atoms with Gasteiger partial charge in [0.2, 0.25) is 5.95 Å². The lowest BCUT2D eigenvalue weighted by atomic mass is 10.1. The Morgan fingerprint density at radius 1 is 1.60 bits per heavy atom. The van der Waals surface area contributed by atoms with E-state index in [4.69, 9.17) is 0 Å². The zero-order valence-corrected chi connectivity index (χ0v) is 10.1. The van der Waals surface area contributed by atoms with E-state index in [9.17, 15) is 5.11 Å². The number of aromatic nitrogens is 2. The molecule has 4 nitrogen and oxygen atoms in total. The molecule has 0 aliphatic carbocycles. The minimum atomic E-state index is -0.730. The first-order chi connectivity index (χ1) is 7.03. The van der Waals surface area contributed by atoms with Crippen molar-refractivity contribution in [3.05, 3.63) is 18.0 Å². The Morgan fingerprint density at radius 3 is 2.93 bits per heavy atom. The molecule has 0 radical (unpaired) electrons. The average Bonchev–Trinajstić information content (AvgIpc) is 2.15. The molecule has 2 N–H and O–H groups in total. The second kappa shape index (κ2) is 5.32. The first-order valence-electron chi connectivity index (χ1n) is 4.78. The third-order valence-electron chi connectivity index (χ3n) is 1.88. The fourth-order valence-electron chi connectivity index (χ4n) is 1.17. The number of rotatable bonds is 5. The highest BCUT2D eigenvalue weighted by molar-refractivity contribution is 7.98. The minimum Gasteiger partial charge on any atom is -0.387 e. The molecular formula is C10H17N3OS. The standard InChI is InChI=1S/C10H17N3OS/c1-8-4-5-11-9(13-8)12-6-10(2,14)7-15-3/h4-5,14H,6-7H2,1-3H3,(H,11,12,13). The van der Waals surface area contributed by atoms with Gasteiger partial charge in [-0.05, 0) is 26.2 Å². The van der Waals surface area contributed by atoms with Crippen LogP contribution in [0.1, 0.15) is 12.6 Å². The Hall–Kier alpha value is -0.810. The third kappa shape index (κ3) is 4.48. The first-order valence-corrected chi connectivity index (χ1v) is 6.18. The van der Waals surface area contributed by atoms with Crippen molar-refractivity contribution in [1.82, 2.24) is 9.97 Å². The van der Waals surface area contributed by atoms with E-state index in [0.717, 1.165) is 5.69 Å². The van der Waals surface area contributed by atoms with Crippen LogP contribution in [-0.4, -0.2) is 39.2 Å². The van der Waals surface area contributed by atoms with E-state index >= 15 is 0 Å². The number of thioether (sulfide) groups is 1. The Balaban J connectivity index is 2.49. The SMILES string of the molecule is CSCC(C)(O)CNc1nccc(C)n1. The highest BCUT2D eigenvalue weighted by Gasteiger charge is 2.19. The average molecular weight is 227 g/mol. The topological polar surface area (TPSA) is 58.0 Å². The maximum absolute atomic E-state index is 9.91. The summed E-state index contributed by atoms with van der Waals surface area (Å²) in [5.74, 6) is 1.25. The Bertz CT molecular complexity index is 317. The summed E-state index contributed by atoms with van der Waals surface area (Å²) in [7, 11) is 0. The largest absolute Gasteiger partial charge is 0.387 e. The molecule has 15 heavy (non-hydrogen) atoms. The second-order valence-electron chi connectivity index (χ2n) is 3.81. The molecule has 1 unspecified atom stereocenters. The number of aryl methyl sites for hydroxylation is 1. The first kappa shape index (κ1) is 12.3. The van der Waals surface area contributed by atoms with Gasteiger partial charge in [0.25, 0.3) is 0 Å². The van der Waals surface area contributed by atoms with E-state index in [1.807, 2.05) is 19.2 Å². The van der Waals surface area contributed by atoms with Gasteiger partial charge in [-0.3, -0.25) is 0 Å². The predicted molar refractivity (Wildman–Crippen MR) is 64.3 cm³/mol. The van der Waals surface area contributed by atoms with Crippen LogP contribution in [-0.2, 0) is 0 Å². The zero-order valence-electron chi connectivity index (χ0n) is 9.32. The summed E-state index contributed by atoms with van der Waals surface area (Å²) >= 11 is 1.62. The predicted octanol–water partition coefficient (Wildman–Crippen LogP) is 1.31. The third-order valence-corrected chi connectivity index (χ3v) is 2.79. The van der Waals surface area contributed by atoms with Crippen molar-refractivity contribution in [3.8, 4) is 0 Å². The quantitative estimate of drug-likeness (QED) is 0.794. The lowest BCUT2D eigenvalue weighted by molar-refractivity contribution is 0.0995. The van der Waals surface area contributed by atoms with E-state index in [-0.39, 0.29) is 0 Å². The highest BCUT2D eigenvalue weighted by atomic mass is 32.2. The van der Waals surface area contributed by atoms with Crippen LogP contribution in [0, 0.1) is 6.92 Å². The molecule has 0 bridgehead atoms. The fourth-order valence-corrected chi connectivity index (χ4v) is 1.89. The molecule has 0 saturated heterocycles. The van der Waals surface area contributed by atoms with Gasteiger partial charge in [-0.1, -0.05) is 0 Å². The fraction of sp³-hybridized carbons (Fsp3) is 0.600. The van der Waals surface area contributed by atoms with E-state index in [1.165, 1.54) is 0 Å². The summed E-state index contributed by atoms with van der Waals surface area (Å²) < 4.78 is 0. The van der Waals surface area contributed by atoms with Gasteiger partial charge in [0.15, 0.2) is 0 Å². The van der Waals surface area contributed by atoms with Gasteiger partial charge in [-0.2, -0.15) is 11.8 Å². The molecule has 1 aromatic heterocycles. The zero-order chi connectivity index (χ0) is 11.3. The summed E-state index contributed by atoms with van der Waals surface area (Å²) in [6, 6.07) is 1.84. The van der Waals surface area contributed by atoms with Gasteiger partial charge in [-0.25, -0.2) is 9.97 Å². The van der Waals surface area contributed by atoms with Gasteiger partial charge in [0.1, 0.15) is 0 Å². The van der Waals surface area contributed by atoms with E-state index < -0.39 is 5.60 Å². The second-order valence-corrected chi connectivity index (χ2v) is 4.67. The van der Waals surface area contributed by atoms with Crippen LogP contribution in [0.25, 0.3) is 0 Å². The Morgan fingerprint density at radius 2 is 2.33 bits per heavy atom. The van der Waals surface area contributed by atoms with Crippen molar-refractivity contribution in [2.24, 2.45) is 0 Å². The smallest absolute Gasteiger partial charge is 0.222 e. The maximum atomic E-state index is 9.91. The van der Waals surface area contributed by atoms with Crippen LogP contribution in [0.4, 0.5) is 5.95 Å². The van der Waals surface area contributed by atoms with Gasteiger partial charge in [0.05, 0.1) is 5.60 Å². The summed E-state index contributed by atoms with van der Waals surface area (Å²) in [5, 5.41) is 12.9. The van der Waals surface area contributed by atoms with E-state index in [0.29, 0.717) is 18.2 Å². The van der Waals surface area contributed by atoms with E-state index in [2.05, 4.69) is 15.3 Å². The summed E-state index contributed by atoms with van der Waals surface area (Å²) in [5.41, 5.74) is 0.184. The number of aliphatic hydroxyl groups is 1. The lowest BCUT2D eigenvalue weighted by Gasteiger charge is -2.22. The van der Waals surface area contributed by atoms with Gasteiger partial charge in [-0.15, -0.1) is 0 Å². The van der Waals surface area contributed by atoms with Crippen molar-refractivity contribution >= 4 is 17.7 Å². The molecule has 0 fully saturated rings. The molecule has 0 spiro atoms. The normalized spacial score (nSPS) is 14.7. The number of hydrogen-bond donors (Lipinski definition) is 2. The summed E-state index contributed by atoms with van der Waals surface area (Å²) in [6.07, 6.45) is 3.67. The van der Waals surface area contributed by atoms with Crippen LogP contribution in [0.5, 0.6) is 0 Å². The molecule has 0 aliphatic heterocycles. The molecule has 1 atom stereocenters. The molecule has 84 valence electrons. The van der Waals surface area contributed by atoms with Crippen LogP contribution < -0.4 is 5.32 Å². The highest BCUT2D eigenvalue weighted by Crippen LogP contribution is 2.11. The van der Waals surface area contributed by atoms with Crippen LogP contribution in [0.2, 0.25) is 0 Å². The maximum Gasteiger partial charge on any atom is 0.222 e. The number of nitrogens with one attached hydrogen (secondary N) is 1. The molecule has 0 aliphatic rings. The lowest BCUT2D eigenvalue weighted by Crippen LogP contribution is -2.36. The number of anilines is 1. The van der Waals surface area contributed by atoms with Crippen molar-refractivity contribution in [1.29, 1.82) is 0 Å². The summed E-state index contributed by atoms with van der Waals surface area (Å²) in [6.45, 7) is 4.16. The number of hydrogen-bond acceptors (Lipinski definition) is 5. The molecule has 1 rings (SSSR count). The van der Waals surface area contributed by atoms with Crippen molar-refractivity contribution < 1.29 is 5.11 Å². The summed E-state index contributed by atoms with van der Waals surface area (Å²) in [4.78, 5) is 8.26. The molecule has 1 aromatic rings. The molecule has 1 heterocycles. The Labute approximate surface area is 94.5 Å². The van der Waals surface area contributed by atoms with Crippen molar-refractivity contribution in [2.45, 2.75) is 19.4 Å². The van der Waals surface area contributed by atoms with E-state index in [1.54, 1.807) is 24.9 Å². The molecule has 0 aromatic carbocycles. The van der Waals surface area contributed by atoms with Gasteiger partial charge < -0.3 is 10.4 Å². The van der Waals surface area contributed by atoms with Crippen LogP contribution >= 0.6 is 11.8 Å². The van der Waals surface area contributed by atoms with Crippen molar-refractivity contribution in [3.63, 3.8) is 0 Å². The van der Waals surface area contributed by atoms with Crippen LogP contribution in [0.15, 0.2) is 12.3 Å². The monoisotopic (exact) mass is 227 g/mol. The van der Waals surface area contributed by atoms with Gasteiger partial charge in [0, 0.05) is 24.2 Å². The molecular weight excluding hydrogens is 210 g/mol. The number of nitrogens with zero attached hydrogens (tertiary/aromatic N) is 2. The van der Waals surface area contributed by atoms with Crippen LogP contribution in [0.3, 0.4) is 0 Å². The van der Waals surface area contributed by atoms with Gasteiger partial charge >= 0.3 is 0 Å².